The van der Waals surface area contributed by atoms with Crippen molar-refractivity contribution in [1.29, 1.82) is 0 Å². The van der Waals surface area contributed by atoms with Crippen LogP contribution in [0.15, 0.2) is 122 Å². The number of hydrogen-bond acceptors (Lipinski definition) is 6. The van der Waals surface area contributed by atoms with Crippen molar-refractivity contribution in [2.75, 3.05) is 40.9 Å². The molecule has 0 heterocycles. The van der Waals surface area contributed by atoms with Crippen LogP contribution in [0.2, 0.25) is 0 Å². The topological polar surface area (TPSA) is 111 Å². The molecule has 0 fully saturated rings. The zero-order valence-electron chi connectivity index (χ0n) is 45.2. The maximum absolute atomic E-state index is 13.4. The van der Waals surface area contributed by atoms with E-state index in [2.05, 4.69) is 123 Å². The summed E-state index contributed by atoms with van der Waals surface area (Å²) in [5, 5.41) is 2.98. The second kappa shape index (κ2) is 49.0. The lowest BCUT2D eigenvalue weighted by Crippen LogP contribution is -2.47. The number of carbonyl (C=O) groups excluding carboxylic acids is 2. The number of ether oxygens (including phenoxy) is 1. The molecule has 0 aliphatic rings. The molecule has 0 rings (SSSR count). The summed E-state index contributed by atoms with van der Waals surface area (Å²) < 4.78 is 30.5. The van der Waals surface area contributed by atoms with E-state index in [9.17, 15) is 19.0 Å². The van der Waals surface area contributed by atoms with E-state index in [1.54, 1.807) is 0 Å². The van der Waals surface area contributed by atoms with Gasteiger partial charge in [-0.25, -0.2) is 4.57 Å². The first-order valence-corrected chi connectivity index (χ1v) is 28.9. The summed E-state index contributed by atoms with van der Waals surface area (Å²) in [6, 6.07) is -0.905. The van der Waals surface area contributed by atoms with Crippen LogP contribution in [0.25, 0.3) is 0 Å². The Morgan fingerprint density at radius 2 is 0.929 bits per heavy atom. The SMILES string of the molecule is CC/C=C\C/C=C\C/C=C\C/C=C\C/C=C\C/C=C\CCC(=O)NC(COP(=O)(O)OCC[N+](C)(C)C)C(/C=C\CCCCCCCCCCC)OC(=O)CCCCCC/C=C/C/C=C/C/C=C/CC. The highest BCUT2D eigenvalue weighted by atomic mass is 31.2. The smallest absolute Gasteiger partial charge is 0.456 e. The van der Waals surface area contributed by atoms with E-state index in [1.807, 2.05) is 45.4 Å². The second-order valence-corrected chi connectivity index (χ2v) is 20.4. The highest BCUT2D eigenvalue weighted by Crippen LogP contribution is 2.43. The summed E-state index contributed by atoms with van der Waals surface area (Å²) in [5.41, 5.74) is 0. The number of amides is 1. The lowest BCUT2D eigenvalue weighted by atomic mass is 10.1. The molecule has 398 valence electrons. The lowest BCUT2D eigenvalue weighted by Gasteiger charge is -2.27. The van der Waals surface area contributed by atoms with Gasteiger partial charge in [0.1, 0.15) is 19.3 Å². The highest BCUT2D eigenvalue weighted by molar-refractivity contribution is 7.47. The first kappa shape index (κ1) is 66.4. The normalized spacial score (nSPS) is 14.8. The molecule has 2 N–H and O–H groups in total. The summed E-state index contributed by atoms with van der Waals surface area (Å²) in [4.78, 5) is 37.5. The van der Waals surface area contributed by atoms with Crippen molar-refractivity contribution < 1.29 is 37.3 Å². The van der Waals surface area contributed by atoms with E-state index in [4.69, 9.17) is 13.8 Å². The number of phosphoric ester groups is 1. The summed E-state index contributed by atoms with van der Waals surface area (Å²) in [6.07, 6.45) is 67.9. The minimum absolute atomic E-state index is 0.0160. The zero-order chi connectivity index (χ0) is 51.5. The highest BCUT2D eigenvalue weighted by Gasteiger charge is 2.30. The molecular weight excluding hydrogens is 892 g/mol. The molecule has 9 nitrogen and oxygen atoms in total. The van der Waals surface area contributed by atoms with Gasteiger partial charge in [0.2, 0.25) is 5.91 Å². The van der Waals surface area contributed by atoms with Gasteiger partial charge in [-0.3, -0.25) is 18.6 Å². The molecule has 0 aromatic heterocycles. The Kier molecular flexibility index (Phi) is 46.5. The third-order valence-corrected chi connectivity index (χ3v) is 12.1. The minimum atomic E-state index is -4.47. The molecular formula is C60H102N2O7P+. The van der Waals surface area contributed by atoms with Crippen LogP contribution in [0.3, 0.4) is 0 Å². The van der Waals surface area contributed by atoms with E-state index < -0.39 is 20.0 Å². The van der Waals surface area contributed by atoms with Crippen LogP contribution in [0, 0.1) is 0 Å². The van der Waals surface area contributed by atoms with Crippen LogP contribution in [-0.4, -0.2) is 74.3 Å². The number of unbranched alkanes of at least 4 members (excludes halogenated alkanes) is 13. The molecule has 0 saturated heterocycles. The van der Waals surface area contributed by atoms with Crippen LogP contribution in [0.4, 0.5) is 0 Å². The Morgan fingerprint density at radius 1 is 0.514 bits per heavy atom. The number of likely N-dealkylation sites (N-methyl/N-ethyl adjacent to an activating group) is 1. The summed E-state index contributed by atoms with van der Waals surface area (Å²) >= 11 is 0. The van der Waals surface area contributed by atoms with Gasteiger partial charge in [-0.1, -0.05) is 200 Å². The fourth-order valence-electron chi connectivity index (χ4n) is 6.97. The van der Waals surface area contributed by atoms with Crippen LogP contribution in [0.5, 0.6) is 0 Å². The lowest BCUT2D eigenvalue weighted by molar-refractivity contribution is -0.870. The summed E-state index contributed by atoms with van der Waals surface area (Å²) in [7, 11) is 1.41. The number of carbonyl (C=O) groups is 2. The van der Waals surface area contributed by atoms with E-state index in [0.29, 0.717) is 23.9 Å². The number of hydrogen-bond donors (Lipinski definition) is 2. The summed E-state index contributed by atoms with van der Waals surface area (Å²) in [6.45, 7) is 6.67. The molecule has 70 heavy (non-hydrogen) atoms. The van der Waals surface area contributed by atoms with Crippen molar-refractivity contribution in [3.63, 3.8) is 0 Å². The van der Waals surface area contributed by atoms with E-state index in [-0.39, 0.29) is 37.9 Å². The Bertz CT molecular complexity index is 1610. The average molecular weight is 994 g/mol. The van der Waals surface area contributed by atoms with Gasteiger partial charge in [0.25, 0.3) is 0 Å². The number of rotatable bonds is 47. The molecule has 1 amide bonds. The Labute approximate surface area is 429 Å². The van der Waals surface area contributed by atoms with Crippen molar-refractivity contribution in [1.82, 2.24) is 5.32 Å². The maximum atomic E-state index is 13.4. The third kappa shape index (κ3) is 49.4. The number of nitrogens with zero attached hydrogens (tertiary/aromatic N) is 1. The molecule has 0 radical (unpaired) electrons. The standard InChI is InChI=1S/C60H101N2O7P/c1-7-10-13-16-19-22-25-27-29-30-31-32-33-34-37-40-43-46-49-52-59(63)61-57(56-68-70(65,66)67-55-54-62(4,5)6)58(51-48-45-42-39-36-24-21-18-15-12-9-3)69-60(64)53-50-47-44-41-38-35-28-26-23-20-17-14-11-8-2/h10-11,13-14,19-20,22-23,27-29,31-32,34-35,37,43,46,48,51,57-58H,7-9,12,15-18,21,24-26,30,33,36,38-42,44-45,47,49-50,52-56H2,1-6H3,(H-,61,63,65,66)/p+1/b13-10-,14-11+,22-19-,23-20+,29-27-,32-31-,35-28+,37-34-,46-43-,51-48-. The van der Waals surface area contributed by atoms with Crippen molar-refractivity contribution >= 4 is 19.7 Å². The molecule has 3 unspecified atom stereocenters. The van der Waals surface area contributed by atoms with Gasteiger partial charge >= 0.3 is 13.8 Å². The van der Waals surface area contributed by atoms with Gasteiger partial charge in [0.15, 0.2) is 0 Å². The van der Waals surface area contributed by atoms with Crippen LogP contribution < -0.4 is 5.32 Å². The molecule has 0 bridgehead atoms. The van der Waals surface area contributed by atoms with Crippen molar-refractivity contribution in [3.05, 3.63) is 122 Å². The van der Waals surface area contributed by atoms with Crippen LogP contribution in [-0.2, 0) is 27.9 Å². The fourth-order valence-corrected chi connectivity index (χ4v) is 7.71. The average Bonchev–Trinajstić information content (AvgIpc) is 3.32. The Balaban J connectivity index is 5.52. The molecule has 10 heteroatoms. The molecule has 3 atom stereocenters. The summed E-state index contributed by atoms with van der Waals surface area (Å²) in [5.74, 6) is -0.642. The van der Waals surface area contributed by atoms with Crippen molar-refractivity contribution in [3.8, 4) is 0 Å². The van der Waals surface area contributed by atoms with E-state index in [1.165, 1.54) is 44.9 Å². The van der Waals surface area contributed by atoms with Gasteiger partial charge < -0.3 is 19.4 Å². The third-order valence-electron chi connectivity index (χ3n) is 11.2. The molecule has 0 spiro atoms. The first-order valence-electron chi connectivity index (χ1n) is 27.4. The number of allylic oxidation sites excluding steroid dienone is 19. The molecule has 0 aliphatic heterocycles. The van der Waals surface area contributed by atoms with Crippen LogP contribution >= 0.6 is 7.82 Å². The predicted octanol–water partition coefficient (Wildman–Crippen LogP) is 16.4. The first-order chi connectivity index (χ1) is 33.9. The minimum Gasteiger partial charge on any atom is -0.456 e. The van der Waals surface area contributed by atoms with Gasteiger partial charge in [0.05, 0.1) is 33.8 Å². The molecule has 0 aliphatic carbocycles. The number of nitrogens with one attached hydrogen (secondary N) is 1. The van der Waals surface area contributed by atoms with Crippen molar-refractivity contribution in [2.24, 2.45) is 0 Å². The Morgan fingerprint density at radius 3 is 1.40 bits per heavy atom. The van der Waals surface area contributed by atoms with Gasteiger partial charge in [-0.05, 0) is 102 Å². The number of esters is 1. The quantitative estimate of drug-likeness (QED) is 0.0205. The maximum Gasteiger partial charge on any atom is 0.472 e. The number of phosphoric acid groups is 1. The predicted molar refractivity (Wildman–Crippen MR) is 300 cm³/mol. The van der Waals surface area contributed by atoms with Gasteiger partial charge in [0, 0.05) is 12.8 Å². The molecule has 0 aromatic rings. The fraction of sp³-hybridized carbons (Fsp3) is 0.633. The molecule has 0 aromatic carbocycles. The van der Waals surface area contributed by atoms with Crippen LogP contribution in [0.1, 0.15) is 194 Å². The van der Waals surface area contributed by atoms with E-state index >= 15 is 0 Å². The van der Waals surface area contributed by atoms with E-state index in [0.717, 1.165) is 103 Å². The van der Waals surface area contributed by atoms with Crippen molar-refractivity contribution in [2.45, 2.75) is 206 Å². The van der Waals surface area contributed by atoms with Gasteiger partial charge in [-0.2, -0.15) is 0 Å². The zero-order valence-corrected chi connectivity index (χ0v) is 46.1. The van der Waals surface area contributed by atoms with Gasteiger partial charge in [-0.15, -0.1) is 0 Å². The number of quaternary nitrogens is 1. The second-order valence-electron chi connectivity index (χ2n) is 19.0. The monoisotopic (exact) mass is 994 g/mol. The largest absolute Gasteiger partial charge is 0.472 e. The molecule has 0 saturated carbocycles. The Hall–Kier alpha value is -3.59.